The molecule has 5 nitrogen and oxygen atoms in total. The van der Waals surface area contributed by atoms with Gasteiger partial charge in [-0.25, -0.2) is 0 Å². The fourth-order valence-corrected chi connectivity index (χ4v) is 4.40. The summed E-state index contributed by atoms with van der Waals surface area (Å²) in [6, 6.07) is 7.51. The van der Waals surface area contributed by atoms with Crippen LogP contribution in [0.4, 0.5) is 0 Å². The van der Waals surface area contributed by atoms with E-state index in [1.165, 1.54) is 11.8 Å². The SMILES string of the molecule is CCOC(=O)C1(COC)CCN(C(=O)C(C)Sc2ccccc2Cl)CC1. The maximum absolute atomic E-state index is 12.8. The first-order valence-electron chi connectivity index (χ1n) is 8.79. The molecule has 1 heterocycles. The quantitative estimate of drug-likeness (QED) is 0.517. The van der Waals surface area contributed by atoms with E-state index in [1.54, 1.807) is 14.0 Å². The molecule has 0 saturated carbocycles. The number of piperidine rings is 1. The monoisotopic (exact) mass is 399 g/mol. The highest BCUT2D eigenvalue weighted by Crippen LogP contribution is 2.35. The Morgan fingerprint density at radius 1 is 1.31 bits per heavy atom. The smallest absolute Gasteiger partial charge is 0.314 e. The molecule has 1 saturated heterocycles. The minimum absolute atomic E-state index is 0.0600. The summed E-state index contributed by atoms with van der Waals surface area (Å²) in [4.78, 5) is 27.9. The van der Waals surface area contributed by atoms with Crippen LogP contribution < -0.4 is 0 Å². The molecule has 1 amide bonds. The first-order chi connectivity index (χ1) is 12.4. The Kier molecular flexibility index (Phi) is 7.80. The fraction of sp³-hybridized carbons (Fsp3) is 0.579. The number of carbonyl (C=O) groups excluding carboxylic acids is 2. The zero-order valence-electron chi connectivity index (χ0n) is 15.5. The molecule has 0 aromatic heterocycles. The van der Waals surface area contributed by atoms with Crippen LogP contribution in [0.2, 0.25) is 5.02 Å². The van der Waals surface area contributed by atoms with Crippen LogP contribution >= 0.6 is 23.4 Å². The summed E-state index contributed by atoms with van der Waals surface area (Å²) < 4.78 is 10.5. The van der Waals surface area contributed by atoms with Gasteiger partial charge in [-0.15, -0.1) is 11.8 Å². The summed E-state index contributed by atoms with van der Waals surface area (Å²) in [6.45, 7) is 5.39. The molecule has 1 aliphatic heterocycles. The molecule has 1 fully saturated rings. The molecule has 0 spiro atoms. The van der Waals surface area contributed by atoms with Crippen LogP contribution in [0.3, 0.4) is 0 Å². The second-order valence-electron chi connectivity index (χ2n) is 6.45. The Labute approximate surface area is 164 Å². The Hall–Kier alpha value is -1.24. The second kappa shape index (κ2) is 9.62. The molecule has 1 aromatic carbocycles. The lowest BCUT2D eigenvalue weighted by Gasteiger charge is -2.40. The normalized spacial score (nSPS) is 17.6. The van der Waals surface area contributed by atoms with Crippen LogP contribution in [0, 0.1) is 5.41 Å². The molecule has 26 heavy (non-hydrogen) atoms. The number of hydrogen-bond acceptors (Lipinski definition) is 5. The summed E-state index contributed by atoms with van der Waals surface area (Å²) in [5, 5.41) is 0.407. The molecule has 0 N–H and O–H groups in total. The number of carbonyl (C=O) groups is 2. The topological polar surface area (TPSA) is 55.8 Å². The zero-order chi connectivity index (χ0) is 19.2. The maximum atomic E-state index is 12.8. The van der Waals surface area contributed by atoms with Gasteiger partial charge in [0, 0.05) is 25.1 Å². The van der Waals surface area contributed by atoms with Crippen molar-refractivity contribution in [3.8, 4) is 0 Å². The summed E-state index contributed by atoms with van der Waals surface area (Å²) in [7, 11) is 1.58. The van der Waals surface area contributed by atoms with Crippen molar-refractivity contribution in [2.45, 2.75) is 36.8 Å². The molecule has 7 heteroatoms. The van der Waals surface area contributed by atoms with E-state index in [4.69, 9.17) is 21.1 Å². The largest absolute Gasteiger partial charge is 0.465 e. The van der Waals surface area contributed by atoms with Crippen molar-refractivity contribution >= 4 is 35.2 Å². The van der Waals surface area contributed by atoms with Gasteiger partial charge in [0.05, 0.1) is 28.9 Å². The van der Waals surface area contributed by atoms with E-state index in [2.05, 4.69) is 0 Å². The van der Waals surface area contributed by atoms with Crippen LogP contribution in [0.25, 0.3) is 0 Å². The van der Waals surface area contributed by atoms with Crippen LogP contribution in [-0.4, -0.2) is 55.4 Å². The average Bonchev–Trinajstić information content (AvgIpc) is 2.64. The van der Waals surface area contributed by atoms with Crippen molar-refractivity contribution in [1.29, 1.82) is 0 Å². The van der Waals surface area contributed by atoms with Gasteiger partial charge in [-0.3, -0.25) is 9.59 Å². The molecule has 0 radical (unpaired) electrons. The van der Waals surface area contributed by atoms with Gasteiger partial charge in [0.1, 0.15) is 0 Å². The van der Waals surface area contributed by atoms with Gasteiger partial charge in [0.2, 0.25) is 5.91 Å². The number of benzene rings is 1. The summed E-state index contributed by atoms with van der Waals surface area (Å²) in [5.41, 5.74) is -0.652. The summed E-state index contributed by atoms with van der Waals surface area (Å²) in [6.07, 6.45) is 1.10. The minimum Gasteiger partial charge on any atom is -0.465 e. The summed E-state index contributed by atoms with van der Waals surface area (Å²) >= 11 is 7.64. The Morgan fingerprint density at radius 3 is 2.54 bits per heavy atom. The highest BCUT2D eigenvalue weighted by Gasteiger charge is 2.44. The number of likely N-dealkylation sites (tertiary alicyclic amines) is 1. The van der Waals surface area contributed by atoms with Crippen molar-refractivity contribution < 1.29 is 19.1 Å². The number of nitrogens with zero attached hydrogens (tertiary/aromatic N) is 1. The highest BCUT2D eigenvalue weighted by atomic mass is 35.5. The Morgan fingerprint density at radius 2 is 1.96 bits per heavy atom. The van der Waals surface area contributed by atoms with Crippen LogP contribution in [0.15, 0.2) is 29.2 Å². The zero-order valence-corrected chi connectivity index (χ0v) is 17.1. The lowest BCUT2D eigenvalue weighted by atomic mass is 9.79. The van der Waals surface area contributed by atoms with Crippen LogP contribution in [0.1, 0.15) is 26.7 Å². The first kappa shape index (κ1) is 21.1. The predicted molar refractivity (Wildman–Crippen MR) is 104 cm³/mol. The number of hydrogen-bond donors (Lipinski definition) is 0. The third-order valence-corrected chi connectivity index (χ3v) is 6.26. The number of esters is 1. The van der Waals surface area contributed by atoms with Gasteiger partial charge >= 0.3 is 5.97 Å². The number of rotatable bonds is 7. The molecule has 0 aliphatic carbocycles. The highest BCUT2D eigenvalue weighted by molar-refractivity contribution is 8.00. The van der Waals surface area contributed by atoms with Crippen molar-refractivity contribution in [2.24, 2.45) is 5.41 Å². The first-order valence-corrected chi connectivity index (χ1v) is 10.1. The van der Waals surface area contributed by atoms with Gasteiger partial charge in [-0.05, 0) is 38.8 Å². The van der Waals surface area contributed by atoms with Crippen LogP contribution in [0.5, 0.6) is 0 Å². The number of thioether (sulfide) groups is 1. The molecule has 0 bridgehead atoms. The molecule has 144 valence electrons. The fourth-order valence-electron chi connectivity index (χ4n) is 3.16. The van der Waals surface area contributed by atoms with Crippen molar-refractivity contribution in [3.05, 3.63) is 29.3 Å². The standard InChI is InChI=1S/C19H26ClNO4S/c1-4-25-18(23)19(13-24-3)9-11-21(12-10-19)17(22)14(2)26-16-8-6-5-7-15(16)20/h5-8,14H,4,9-13H2,1-3H3. The molecule has 1 atom stereocenters. The third kappa shape index (κ3) is 4.93. The molecule has 1 aliphatic rings. The Balaban J connectivity index is 1.98. The molecular formula is C19H26ClNO4S. The van der Waals surface area contributed by atoms with E-state index in [-0.39, 0.29) is 17.1 Å². The van der Waals surface area contributed by atoms with E-state index in [0.717, 1.165) is 4.90 Å². The molecular weight excluding hydrogens is 374 g/mol. The van der Waals surface area contributed by atoms with Gasteiger partial charge in [-0.1, -0.05) is 23.7 Å². The van der Waals surface area contributed by atoms with E-state index in [9.17, 15) is 9.59 Å². The van der Waals surface area contributed by atoms with E-state index < -0.39 is 5.41 Å². The second-order valence-corrected chi connectivity index (χ2v) is 8.24. The molecule has 1 aromatic rings. The van der Waals surface area contributed by atoms with E-state index in [1.807, 2.05) is 36.1 Å². The number of halogens is 1. The van der Waals surface area contributed by atoms with E-state index >= 15 is 0 Å². The third-order valence-electron chi connectivity index (χ3n) is 4.65. The molecule has 2 rings (SSSR count). The van der Waals surface area contributed by atoms with Gasteiger partial charge in [-0.2, -0.15) is 0 Å². The number of amides is 1. The Bertz CT molecular complexity index is 632. The lowest BCUT2D eigenvalue weighted by Crippen LogP contribution is -2.50. The van der Waals surface area contributed by atoms with E-state index in [0.29, 0.717) is 44.2 Å². The summed E-state index contributed by atoms with van der Waals surface area (Å²) in [5.74, 6) is -0.169. The molecule has 1 unspecified atom stereocenters. The average molecular weight is 400 g/mol. The lowest BCUT2D eigenvalue weighted by molar-refractivity contribution is -0.164. The van der Waals surface area contributed by atoms with Crippen molar-refractivity contribution in [3.63, 3.8) is 0 Å². The maximum Gasteiger partial charge on any atom is 0.314 e. The van der Waals surface area contributed by atoms with Crippen molar-refractivity contribution in [2.75, 3.05) is 33.4 Å². The van der Waals surface area contributed by atoms with Crippen LogP contribution in [-0.2, 0) is 19.1 Å². The van der Waals surface area contributed by atoms with Gasteiger partial charge in [0.15, 0.2) is 0 Å². The van der Waals surface area contributed by atoms with Gasteiger partial charge < -0.3 is 14.4 Å². The number of ether oxygens (including phenoxy) is 2. The van der Waals surface area contributed by atoms with Gasteiger partial charge in [0.25, 0.3) is 0 Å². The van der Waals surface area contributed by atoms with Crippen molar-refractivity contribution in [1.82, 2.24) is 4.90 Å². The predicted octanol–water partition coefficient (Wildman–Crippen LogP) is 3.64. The minimum atomic E-state index is -0.652. The number of methoxy groups -OCH3 is 1.